The molecule has 0 aromatic rings. The molecule has 9 nitrogen and oxygen atoms in total. The van der Waals surface area contributed by atoms with Crippen LogP contribution in [-0.2, 0) is 9.59 Å². The van der Waals surface area contributed by atoms with Gasteiger partial charge in [0.05, 0.1) is 12.7 Å². The van der Waals surface area contributed by atoms with Crippen molar-refractivity contribution >= 4 is 11.8 Å². The van der Waals surface area contributed by atoms with Gasteiger partial charge in [-0.25, -0.2) is 0 Å². The van der Waals surface area contributed by atoms with Crippen LogP contribution in [0.2, 0.25) is 0 Å². The van der Waals surface area contributed by atoms with Crippen LogP contribution in [0, 0.1) is 0 Å². The first-order valence-corrected chi connectivity index (χ1v) is 4.38. The normalized spacial score (nSPS) is 17.5. The van der Waals surface area contributed by atoms with E-state index in [-0.39, 0.29) is 6.15 Å². The minimum Gasteiger partial charge on any atom is -0.542 e. The molecule has 0 amide bonds. The molecule has 0 bridgehead atoms. The minimum absolute atomic E-state index is 0. The lowest BCUT2D eigenvalue weighted by Crippen LogP contribution is -2.47. The maximum Gasteiger partial charge on any atom is 0.180 e. The third-order valence-corrected chi connectivity index (χ3v) is 1.95. The zero-order valence-corrected chi connectivity index (χ0v) is 9.18. The third-order valence-electron chi connectivity index (χ3n) is 1.95. The summed E-state index contributed by atoms with van der Waals surface area (Å²) in [5, 5.41) is 54.8. The molecule has 17 heavy (non-hydrogen) atoms. The highest BCUT2D eigenvalue weighted by molar-refractivity contribution is 6.31. The number of rotatable bonds is 7. The van der Waals surface area contributed by atoms with Crippen molar-refractivity contribution in [2.24, 2.45) is 0 Å². The highest BCUT2D eigenvalue weighted by Gasteiger charge is 2.31. The van der Waals surface area contributed by atoms with Crippen LogP contribution in [0.4, 0.5) is 0 Å². The second-order valence-corrected chi connectivity index (χ2v) is 3.21. The quantitative estimate of drug-likeness (QED) is 0.245. The minimum atomic E-state index is -2.02. The molecule has 0 radical (unpaired) electrons. The van der Waals surface area contributed by atoms with Crippen molar-refractivity contribution < 1.29 is 40.2 Å². The molecule has 0 saturated carbocycles. The van der Waals surface area contributed by atoms with Crippen molar-refractivity contribution in [3.63, 3.8) is 0 Å². The molecular formula is C8H17NO8. The van der Waals surface area contributed by atoms with E-state index in [4.69, 9.17) is 20.4 Å². The van der Waals surface area contributed by atoms with Gasteiger partial charge in [0.2, 0.25) is 0 Å². The highest BCUT2D eigenvalue weighted by Crippen LogP contribution is 2.08. The first-order chi connectivity index (χ1) is 7.31. The Hall–Kier alpha value is -1.10. The number of carbonyl (C=O) groups is 2. The Balaban J connectivity index is 0. The Kier molecular flexibility index (Phi) is 8.66. The highest BCUT2D eigenvalue weighted by atomic mass is 16.4. The zero-order valence-electron chi connectivity index (χ0n) is 9.18. The Labute approximate surface area is 96.5 Å². The lowest BCUT2D eigenvalue weighted by Gasteiger charge is -2.25. The molecule has 0 spiro atoms. The first-order valence-electron chi connectivity index (χ1n) is 4.38. The van der Waals surface area contributed by atoms with Gasteiger partial charge in [-0.1, -0.05) is 0 Å². The standard InChI is InChI=1S/C8H14O8.H3N/c9-2-5(12)7(14)6(13)3(10)1-4(11)8(15)16;/h3,5-7,9-10,12-14H,1-2H2,(H,15,16);1H3/t3-,5-,6-,7-;/m1./s1. The van der Waals surface area contributed by atoms with E-state index in [1.54, 1.807) is 0 Å². The average Bonchev–Trinajstić information content (AvgIpc) is 2.25. The lowest BCUT2D eigenvalue weighted by molar-refractivity contribution is -0.300. The monoisotopic (exact) mass is 255 g/mol. The van der Waals surface area contributed by atoms with E-state index in [1.807, 2.05) is 0 Å². The summed E-state index contributed by atoms with van der Waals surface area (Å²) in [5.41, 5.74) is 0. The van der Waals surface area contributed by atoms with Crippen LogP contribution in [0.15, 0.2) is 0 Å². The summed E-state index contributed by atoms with van der Waals surface area (Å²) in [6.07, 6.45) is -8.39. The van der Waals surface area contributed by atoms with Crippen molar-refractivity contribution in [1.82, 2.24) is 6.15 Å². The van der Waals surface area contributed by atoms with Crippen LogP contribution >= 0.6 is 0 Å². The van der Waals surface area contributed by atoms with Gasteiger partial charge in [0, 0.05) is 6.42 Å². The second-order valence-electron chi connectivity index (χ2n) is 3.21. The van der Waals surface area contributed by atoms with Gasteiger partial charge in [-0.2, -0.15) is 0 Å². The van der Waals surface area contributed by atoms with Crippen molar-refractivity contribution in [2.75, 3.05) is 6.61 Å². The van der Waals surface area contributed by atoms with Crippen molar-refractivity contribution in [3.8, 4) is 0 Å². The summed E-state index contributed by atoms with van der Waals surface area (Å²) in [5.74, 6) is -3.47. The smallest absolute Gasteiger partial charge is 0.180 e. The number of quaternary nitrogens is 1. The van der Waals surface area contributed by atoms with Crippen LogP contribution in [0.5, 0.6) is 0 Å². The number of carbonyl (C=O) groups excluding carboxylic acids is 2. The fourth-order valence-corrected chi connectivity index (χ4v) is 0.957. The van der Waals surface area contributed by atoms with E-state index < -0.39 is 49.2 Å². The van der Waals surface area contributed by atoms with Crippen LogP contribution in [0.25, 0.3) is 0 Å². The lowest BCUT2D eigenvalue weighted by atomic mass is 9.99. The third kappa shape index (κ3) is 5.68. The number of aliphatic hydroxyl groups excluding tert-OH is 5. The predicted octanol–water partition coefficient (Wildman–Crippen LogP) is -4.49. The van der Waals surface area contributed by atoms with Crippen LogP contribution < -0.4 is 11.3 Å². The molecule has 0 rings (SSSR count). The average molecular weight is 255 g/mol. The van der Waals surface area contributed by atoms with Crippen molar-refractivity contribution in [1.29, 1.82) is 0 Å². The molecule has 0 aliphatic rings. The molecule has 9 heteroatoms. The van der Waals surface area contributed by atoms with Gasteiger partial charge >= 0.3 is 0 Å². The molecular weight excluding hydrogens is 238 g/mol. The first kappa shape index (κ1) is 18.3. The molecule has 9 N–H and O–H groups in total. The summed E-state index contributed by atoms with van der Waals surface area (Å²) in [4.78, 5) is 20.6. The summed E-state index contributed by atoms with van der Waals surface area (Å²) < 4.78 is 0. The molecule has 4 atom stereocenters. The van der Waals surface area contributed by atoms with E-state index in [0.717, 1.165) is 0 Å². The van der Waals surface area contributed by atoms with E-state index in [0.29, 0.717) is 0 Å². The molecule has 0 aliphatic heterocycles. The molecule has 0 aromatic carbocycles. The molecule has 0 saturated heterocycles. The molecule has 0 aromatic heterocycles. The zero-order chi connectivity index (χ0) is 12.9. The Morgan fingerprint density at radius 2 is 1.41 bits per heavy atom. The van der Waals surface area contributed by atoms with Crippen LogP contribution in [-0.4, -0.2) is 68.3 Å². The van der Waals surface area contributed by atoms with Gasteiger partial charge in [0.15, 0.2) is 5.78 Å². The van der Waals surface area contributed by atoms with Gasteiger partial charge in [0.1, 0.15) is 24.3 Å². The molecule has 0 unspecified atom stereocenters. The Bertz CT molecular complexity index is 258. The SMILES string of the molecule is O=C([O-])C(=O)C[C@@H](O)[C@@H](O)[C@H](O)[C@H](O)CO.[NH4+]. The van der Waals surface area contributed by atoms with E-state index in [9.17, 15) is 19.8 Å². The van der Waals surface area contributed by atoms with E-state index in [2.05, 4.69) is 0 Å². The Morgan fingerprint density at radius 3 is 1.76 bits per heavy atom. The van der Waals surface area contributed by atoms with Crippen LogP contribution in [0.3, 0.4) is 0 Å². The largest absolute Gasteiger partial charge is 0.542 e. The summed E-state index contributed by atoms with van der Waals surface area (Å²) >= 11 is 0. The van der Waals surface area contributed by atoms with E-state index in [1.165, 1.54) is 0 Å². The molecule has 0 fully saturated rings. The van der Waals surface area contributed by atoms with Gasteiger partial charge in [-0.05, 0) is 0 Å². The summed E-state index contributed by atoms with van der Waals surface area (Å²) in [7, 11) is 0. The fraction of sp³-hybridized carbons (Fsp3) is 0.750. The number of carboxylic acids is 1. The Morgan fingerprint density at radius 1 is 1.00 bits per heavy atom. The number of ketones is 1. The van der Waals surface area contributed by atoms with Gasteiger partial charge in [-0.15, -0.1) is 0 Å². The molecule has 0 heterocycles. The van der Waals surface area contributed by atoms with E-state index >= 15 is 0 Å². The second kappa shape index (κ2) is 8.06. The van der Waals surface area contributed by atoms with Gasteiger partial charge in [-0.3, -0.25) is 4.79 Å². The number of aliphatic hydroxyl groups is 5. The summed E-state index contributed by atoms with van der Waals surface area (Å²) in [6, 6.07) is 0. The maximum atomic E-state index is 10.6. The van der Waals surface area contributed by atoms with Crippen molar-refractivity contribution in [3.05, 3.63) is 0 Å². The number of hydrogen-bond acceptors (Lipinski definition) is 8. The molecule has 0 aliphatic carbocycles. The summed E-state index contributed by atoms with van der Waals surface area (Å²) in [6.45, 7) is -0.862. The number of carboxylic acid groups (broad SMARTS) is 1. The number of aliphatic carboxylic acids is 1. The number of Topliss-reactive ketones (excluding diaryl/α,β-unsaturated/α-hetero) is 1. The molecule has 102 valence electrons. The predicted molar refractivity (Wildman–Crippen MR) is 51.7 cm³/mol. The van der Waals surface area contributed by atoms with Gasteiger partial charge < -0.3 is 41.6 Å². The number of hydrogen-bond donors (Lipinski definition) is 6. The van der Waals surface area contributed by atoms with Crippen LogP contribution in [0.1, 0.15) is 6.42 Å². The van der Waals surface area contributed by atoms with Crippen molar-refractivity contribution in [2.45, 2.75) is 30.8 Å². The topological polar surface area (TPSA) is 195 Å². The fourth-order valence-electron chi connectivity index (χ4n) is 0.957. The maximum absolute atomic E-state index is 10.6. The van der Waals surface area contributed by atoms with Gasteiger partial charge in [0.25, 0.3) is 0 Å².